The lowest BCUT2D eigenvalue weighted by Gasteiger charge is -2.09. The first kappa shape index (κ1) is 9.67. The van der Waals surface area contributed by atoms with Crippen LogP contribution in [-0.2, 0) is 4.79 Å². The van der Waals surface area contributed by atoms with Gasteiger partial charge in [0.25, 0.3) is 0 Å². The Kier molecular flexibility index (Phi) is 6.56. The van der Waals surface area contributed by atoms with Crippen molar-refractivity contribution in [3.05, 3.63) is 0 Å². The summed E-state index contributed by atoms with van der Waals surface area (Å²) >= 11 is 0. The minimum absolute atomic E-state index is 0.747. The second-order valence-electron chi connectivity index (χ2n) is 2.78. The highest BCUT2D eigenvalue weighted by atomic mass is 16.1. The fraction of sp³-hybridized carbons (Fsp3) is 0.889. The Morgan fingerprint density at radius 1 is 1.30 bits per heavy atom. The van der Waals surface area contributed by atoms with Gasteiger partial charge in [-0.05, 0) is 12.3 Å². The van der Waals surface area contributed by atoms with Crippen molar-refractivity contribution in [1.82, 2.24) is 0 Å². The van der Waals surface area contributed by atoms with E-state index in [1.165, 1.54) is 19.3 Å². The molecule has 0 saturated heterocycles. The Labute approximate surface area is 63.8 Å². The summed E-state index contributed by atoms with van der Waals surface area (Å²) in [5, 5.41) is 0. The van der Waals surface area contributed by atoms with Crippen LogP contribution >= 0.6 is 0 Å². The second kappa shape index (κ2) is 6.79. The van der Waals surface area contributed by atoms with Gasteiger partial charge in [0, 0.05) is 6.42 Å². The summed E-state index contributed by atoms with van der Waals surface area (Å²) in [4.78, 5) is 9.96. The van der Waals surface area contributed by atoms with Crippen LogP contribution in [0.25, 0.3) is 0 Å². The van der Waals surface area contributed by atoms with E-state index in [-0.39, 0.29) is 0 Å². The summed E-state index contributed by atoms with van der Waals surface area (Å²) in [7, 11) is 0. The third kappa shape index (κ3) is 4.54. The molecule has 0 radical (unpaired) electrons. The molecule has 0 aliphatic carbocycles. The number of hydrogen-bond donors (Lipinski definition) is 0. The Morgan fingerprint density at radius 2 is 1.90 bits per heavy atom. The summed E-state index contributed by atoms with van der Waals surface area (Å²) in [6.45, 7) is 4.43. The van der Waals surface area contributed by atoms with Crippen molar-refractivity contribution in [2.75, 3.05) is 0 Å². The average molecular weight is 142 g/mol. The van der Waals surface area contributed by atoms with E-state index in [0.717, 1.165) is 25.0 Å². The first-order chi connectivity index (χ1) is 4.85. The van der Waals surface area contributed by atoms with Crippen LogP contribution in [0.1, 0.15) is 46.0 Å². The van der Waals surface area contributed by atoms with Crippen LogP contribution in [0.2, 0.25) is 0 Å². The largest absolute Gasteiger partial charge is 0.303 e. The zero-order chi connectivity index (χ0) is 7.82. The first-order valence-corrected chi connectivity index (χ1v) is 4.28. The topological polar surface area (TPSA) is 17.1 Å². The predicted octanol–water partition coefficient (Wildman–Crippen LogP) is 2.79. The van der Waals surface area contributed by atoms with E-state index in [1.807, 2.05) is 0 Å². The van der Waals surface area contributed by atoms with Gasteiger partial charge in [0.15, 0.2) is 0 Å². The number of carbonyl (C=O) groups excluding carboxylic acids is 1. The zero-order valence-electron chi connectivity index (χ0n) is 7.10. The molecule has 0 heterocycles. The van der Waals surface area contributed by atoms with Gasteiger partial charge in [-0.3, -0.25) is 0 Å². The summed E-state index contributed by atoms with van der Waals surface area (Å²) in [6.07, 6.45) is 6.59. The fourth-order valence-corrected chi connectivity index (χ4v) is 1.19. The molecule has 10 heavy (non-hydrogen) atoms. The molecule has 1 heteroatoms. The van der Waals surface area contributed by atoms with E-state index < -0.39 is 0 Å². The van der Waals surface area contributed by atoms with Crippen molar-refractivity contribution in [2.24, 2.45) is 5.92 Å². The molecule has 0 aliphatic rings. The molecule has 0 N–H and O–H groups in total. The number of unbranched alkanes of at least 4 members (excludes halogenated alkanes) is 1. The van der Waals surface area contributed by atoms with Gasteiger partial charge >= 0.3 is 0 Å². The minimum atomic E-state index is 0.747. The Hall–Kier alpha value is -0.330. The summed E-state index contributed by atoms with van der Waals surface area (Å²) < 4.78 is 0. The number of aldehydes is 1. The summed E-state index contributed by atoms with van der Waals surface area (Å²) in [6, 6.07) is 0. The van der Waals surface area contributed by atoms with E-state index >= 15 is 0 Å². The number of carbonyl (C=O) groups is 1. The molecule has 0 fully saturated rings. The van der Waals surface area contributed by atoms with Crippen LogP contribution in [0.5, 0.6) is 0 Å². The van der Waals surface area contributed by atoms with E-state index in [9.17, 15) is 4.79 Å². The molecule has 0 aromatic rings. The highest BCUT2D eigenvalue weighted by Gasteiger charge is 2.01. The molecule has 0 bridgehead atoms. The lowest BCUT2D eigenvalue weighted by molar-refractivity contribution is -0.108. The van der Waals surface area contributed by atoms with Crippen molar-refractivity contribution in [1.29, 1.82) is 0 Å². The smallest absolute Gasteiger partial charge is 0.119 e. The third-order valence-electron chi connectivity index (χ3n) is 2.09. The molecule has 60 valence electrons. The molecule has 1 nitrogen and oxygen atoms in total. The molecule has 0 aromatic carbocycles. The molecular formula is C9H18O. The van der Waals surface area contributed by atoms with Gasteiger partial charge < -0.3 is 4.79 Å². The highest BCUT2D eigenvalue weighted by molar-refractivity contribution is 5.48. The quantitative estimate of drug-likeness (QED) is 0.411. The molecule has 0 saturated carbocycles. The standard InChI is InChI=1S/C9H18O/c1-3-9(4-2)7-5-6-8-10/h8-9H,3-7H2,1-2H3. The van der Waals surface area contributed by atoms with Crippen LogP contribution in [0.4, 0.5) is 0 Å². The zero-order valence-corrected chi connectivity index (χ0v) is 7.10. The molecule has 0 aromatic heterocycles. The van der Waals surface area contributed by atoms with Gasteiger partial charge in [-0.25, -0.2) is 0 Å². The minimum Gasteiger partial charge on any atom is -0.303 e. The molecule has 0 aliphatic heterocycles. The lowest BCUT2D eigenvalue weighted by Crippen LogP contribution is -1.96. The maximum Gasteiger partial charge on any atom is 0.119 e. The van der Waals surface area contributed by atoms with Crippen molar-refractivity contribution < 1.29 is 4.79 Å². The van der Waals surface area contributed by atoms with Crippen LogP contribution in [-0.4, -0.2) is 6.29 Å². The van der Waals surface area contributed by atoms with Crippen molar-refractivity contribution in [3.8, 4) is 0 Å². The monoisotopic (exact) mass is 142 g/mol. The molecule has 0 amide bonds. The van der Waals surface area contributed by atoms with Crippen molar-refractivity contribution in [2.45, 2.75) is 46.0 Å². The van der Waals surface area contributed by atoms with Gasteiger partial charge in [0.05, 0.1) is 0 Å². The van der Waals surface area contributed by atoms with Gasteiger partial charge in [0.1, 0.15) is 6.29 Å². The molecule has 0 spiro atoms. The highest BCUT2D eigenvalue weighted by Crippen LogP contribution is 2.14. The second-order valence-corrected chi connectivity index (χ2v) is 2.78. The lowest BCUT2D eigenvalue weighted by atomic mass is 9.97. The fourth-order valence-electron chi connectivity index (χ4n) is 1.19. The van der Waals surface area contributed by atoms with E-state index in [2.05, 4.69) is 13.8 Å². The van der Waals surface area contributed by atoms with Gasteiger partial charge in [-0.2, -0.15) is 0 Å². The SMILES string of the molecule is CCC(CC)CCCC=O. The number of hydrogen-bond acceptors (Lipinski definition) is 1. The van der Waals surface area contributed by atoms with E-state index in [1.54, 1.807) is 0 Å². The van der Waals surface area contributed by atoms with Crippen molar-refractivity contribution >= 4 is 6.29 Å². The maximum absolute atomic E-state index is 9.96. The van der Waals surface area contributed by atoms with Crippen LogP contribution in [0.3, 0.4) is 0 Å². The molecule has 0 rings (SSSR count). The predicted molar refractivity (Wildman–Crippen MR) is 44.0 cm³/mol. The van der Waals surface area contributed by atoms with Gasteiger partial charge in [0.2, 0.25) is 0 Å². The van der Waals surface area contributed by atoms with Crippen LogP contribution < -0.4 is 0 Å². The Bertz CT molecular complexity index is 74.8. The maximum atomic E-state index is 9.96. The first-order valence-electron chi connectivity index (χ1n) is 4.28. The van der Waals surface area contributed by atoms with E-state index in [0.29, 0.717) is 0 Å². The third-order valence-corrected chi connectivity index (χ3v) is 2.09. The normalized spacial score (nSPS) is 10.3. The Morgan fingerprint density at radius 3 is 2.30 bits per heavy atom. The summed E-state index contributed by atoms with van der Waals surface area (Å²) in [5.74, 6) is 0.847. The number of rotatable bonds is 6. The van der Waals surface area contributed by atoms with Crippen LogP contribution in [0.15, 0.2) is 0 Å². The van der Waals surface area contributed by atoms with Crippen LogP contribution in [0, 0.1) is 5.92 Å². The average Bonchev–Trinajstić information content (AvgIpc) is 1.99. The Balaban J connectivity index is 3.16. The summed E-state index contributed by atoms with van der Waals surface area (Å²) in [5.41, 5.74) is 0. The molecule has 0 atom stereocenters. The van der Waals surface area contributed by atoms with Gasteiger partial charge in [-0.1, -0.05) is 33.1 Å². The van der Waals surface area contributed by atoms with Crippen molar-refractivity contribution in [3.63, 3.8) is 0 Å². The molecular weight excluding hydrogens is 124 g/mol. The molecule has 0 unspecified atom stereocenters. The van der Waals surface area contributed by atoms with Gasteiger partial charge in [-0.15, -0.1) is 0 Å². The van der Waals surface area contributed by atoms with E-state index in [4.69, 9.17) is 0 Å².